The van der Waals surface area contributed by atoms with E-state index in [2.05, 4.69) is 4.98 Å². The smallest absolute Gasteiger partial charge is 0.251 e. The molecule has 0 amide bonds. The van der Waals surface area contributed by atoms with Gasteiger partial charge in [-0.05, 0) is 30.5 Å². The molecule has 0 bridgehead atoms. The predicted molar refractivity (Wildman–Crippen MR) is 98.4 cm³/mol. The van der Waals surface area contributed by atoms with Gasteiger partial charge in [-0.25, -0.2) is 0 Å². The molecule has 1 aliphatic heterocycles. The molecule has 2 aliphatic rings. The number of aliphatic hydroxyl groups excluding tert-OH is 1. The van der Waals surface area contributed by atoms with Crippen LogP contribution >= 0.6 is 23.2 Å². The number of rotatable bonds is 4. The fourth-order valence-corrected chi connectivity index (χ4v) is 4.15. The van der Waals surface area contributed by atoms with Crippen molar-refractivity contribution < 1.29 is 19.3 Å². The Labute approximate surface area is 161 Å². The van der Waals surface area contributed by atoms with Crippen molar-refractivity contribution in [2.45, 2.75) is 44.0 Å². The van der Waals surface area contributed by atoms with E-state index >= 15 is 0 Å². The van der Waals surface area contributed by atoms with Crippen LogP contribution in [-0.4, -0.2) is 23.0 Å². The number of methoxy groups -OCH3 is 1. The zero-order valence-electron chi connectivity index (χ0n) is 14.3. The molecule has 7 heteroatoms. The van der Waals surface area contributed by atoms with Crippen molar-refractivity contribution in [2.75, 3.05) is 7.11 Å². The molecule has 1 unspecified atom stereocenters. The molecule has 1 atom stereocenters. The van der Waals surface area contributed by atoms with Crippen LogP contribution in [0.1, 0.15) is 42.9 Å². The Kier molecular flexibility index (Phi) is 4.63. The molecule has 5 nitrogen and oxygen atoms in total. The van der Waals surface area contributed by atoms with Gasteiger partial charge in [0.2, 0.25) is 5.75 Å². The first-order valence-electron chi connectivity index (χ1n) is 8.58. The summed E-state index contributed by atoms with van der Waals surface area (Å²) in [5, 5.41) is 11.7. The molecule has 1 spiro atoms. The van der Waals surface area contributed by atoms with Gasteiger partial charge in [-0.2, -0.15) is 0 Å². The van der Waals surface area contributed by atoms with Crippen molar-refractivity contribution in [2.24, 2.45) is 0 Å². The molecule has 1 aromatic heterocycles. The van der Waals surface area contributed by atoms with Crippen molar-refractivity contribution in [3.8, 4) is 17.2 Å². The van der Waals surface area contributed by atoms with Crippen LogP contribution in [0.5, 0.6) is 17.2 Å². The molecule has 1 aliphatic carbocycles. The molecule has 138 valence electrons. The second kappa shape index (κ2) is 6.80. The quantitative estimate of drug-likeness (QED) is 0.811. The van der Waals surface area contributed by atoms with Gasteiger partial charge in [0, 0.05) is 37.2 Å². The summed E-state index contributed by atoms with van der Waals surface area (Å²) in [6, 6.07) is 3.58. The molecule has 2 heterocycles. The van der Waals surface area contributed by atoms with Crippen LogP contribution in [0.25, 0.3) is 0 Å². The van der Waals surface area contributed by atoms with Crippen LogP contribution in [-0.2, 0) is 6.42 Å². The maximum Gasteiger partial charge on any atom is 0.251 e. The van der Waals surface area contributed by atoms with Crippen LogP contribution < -0.4 is 14.2 Å². The van der Waals surface area contributed by atoms with Gasteiger partial charge in [0.05, 0.1) is 23.3 Å². The van der Waals surface area contributed by atoms with E-state index in [4.69, 9.17) is 37.4 Å². The van der Waals surface area contributed by atoms with Gasteiger partial charge in [-0.3, -0.25) is 4.98 Å². The Balaban J connectivity index is 1.69. The molecule has 1 saturated carbocycles. The topological polar surface area (TPSA) is 60.8 Å². The van der Waals surface area contributed by atoms with Gasteiger partial charge in [0.25, 0.3) is 5.79 Å². The van der Waals surface area contributed by atoms with Gasteiger partial charge in [-0.15, -0.1) is 0 Å². The second-order valence-electron chi connectivity index (χ2n) is 6.64. The molecule has 1 aromatic carbocycles. The summed E-state index contributed by atoms with van der Waals surface area (Å²) in [5.74, 6) is 1.05. The number of benzene rings is 1. The first kappa shape index (κ1) is 17.7. The number of aliphatic hydroxyl groups is 1. The summed E-state index contributed by atoms with van der Waals surface area (Å²) in [4.78, 5) is 3.95. The lowest BCUT2D eigenvalue weighted by Gasteiger charge is -2.22. The van der Waals surface area contributed by atoms with Crippen LogP contribution in [0.3, 0.4) is 0 Å². The van der Waals surface area contributed by atoms with Crippen molar-refractivity contribution in [1.29, 1.82) is 0 Å². The largest absolute Gasteiger partial charge is 0.493 e. The number of pyridine rings is 1. The minimum atomic E-state index is -0.854. The van der Waals surface area contributed by atoms with Gasteiger partial charge in [0.15, 0.2) is 11.5 Å². The maximum absolute atomic E-state index is 10.9. The fourth-order valence-electron chi connectivity index (χ4n) is 3.63. The van der Waals surface area contributed by atoms with E-state index in [1.807, 2.05) is 0 Å². The Morgan fingerprint density at radius 1 is 1.15 bits per heavy atom. The van der Waals surface area contributed by atoms with Crippen molar-refractivity contribution in [3.05, 3.63) is 45.7 Å². The predicted octanol–water partition coefficient (Wildman–Crippen LogP) is 4.71. The Morgan fingerprint density at radius 2 is 1.81 bits per heavy atom. The molecule has 0 radical (unpaired) electrons. The van der Waals surface area contributed by atoms with E-state index in [-0.39, 0.29) is 6.42 Å². The number of nitrogens with zero attached hydrogens (tertiary/aromatic N) is 1. The standard InChI is InChI=1S/C19H19Cl2NO4/c1-24-16-5-4-11(15(23)8-12-13(20)9-22-10-14(12)21)17-18(16)26-19(25-17)6-2-3-7-19/h4-5,9-10,15,23H,2-3,6-8H2,1H3. The first-order valence-corrected chi connectivity index (χ1v) is 9.33. The summed E-state index contributed by atoms with van der Waals surface area (Å²) < 4.78 is 17.8. The monoisotopic (exact) mass is 395 g/mol. The Hall–Kier alpha value is -1.69. The zero-order chi connectivity index (χ0) is 18.3. The SMILES string of the molecule is COc1ccc(C(O)Cc2c(Cl)cncc2Cl)c2c1OC1(CCCC1)O2. The summed E-state index contributed by atoms with van der Waals surface area (Å²) >= 11 is 12.4. The molecule has 1 fully saturated rings. The molecule has 2 aromatic rings. The highest BCUT2D eigenvalue weighted by atomic mass is 35.5. The van der Waals surface area contributed by atoms with E-state index in [1.165, 1.54) is 12.4 Å². The van der Waals surface area contributed by atoms with Gasteiger partial charge in [-0.1, -0.05) is 23.2 Å². The summed E-state index contributed by atoms with van der Waals surface area (Å²) in [5.41, 5.74) is 1.28. The van der Waals surface area contributed by atoms with Crippen molar-refractivity contribution in [1.82, 2.24) is 4.98 Å². The number of ether oxygens (including phenoxy) is 3. The average molecular weight is 396 g/mol. The van der Waals surface area contributed by atoms with Crippen LogP contribution in [0.15, 0.2) is 24.5 Å². The molecule has 0 saturated heterocycles. The van der Waals surface area contributed by atoms with E-state index in [1.54, 1.807) is 19.2 Å². The van der Waals surface area contributed by atoms with E-state index in [9.17, 15) is 5.11 Å². The molecule has 4 rings (SSSR count). The Bertz CT molecular complexity index is 816. The lowest BCUT2D eigenvalue weighted by molar-refractivity contribution is -0.0731. The normalized spacial score (nSPS) is 18.3. The third-order valence-electron chi connectivity index (χ3n) is 4.98. The zero-order valence-corrected chi connectivity index (χ0v) is 15.8. The number of hydrogen-bond acceptors (Lipinski definition) is 5. The maximum atomic E-state index is 10.9. The lowest BCUT2D eigenvalue weighted by Crippen LogP contribution is -2.34. The van der Waals surface area contributed by atoms with Gasteiger partial charge >= 0.3 is 0 Å². The number of hydrogen-bond donors (Lipinski definition) is 1. The minimum absolute atomic E-state index is 0.245. The second-order valence-corrected chi connectivity index (χ2v) is 7.45. The highest BCUT2D eigenvalue weighted by molar-refractivity contribution is 6.35. The Morgan fingerprint density at radius 3 is 2.46 bits per heavy atom. The summed E-state index contributed by atoms with van der Waals surface area (Å²) in [7, 11) is 1.59. The summed E-state index contributed by atoms with van der Waals surface area (Å²) in [6.07, 6.45) is 6.17. The highest BCUT2D eigenvalue weighted by Crippen LogP contribution is 2.53. The van der Waals surface area contributed by atoms with Crippen LogP contribution in [0, 0.1) is 0 Å². The van der Waals surface area contributed by atoms with E-state index < -0.39 is 11.9 Å². The lowest BCUT2D eigenvalue weighted by atomic mass is 10.0. The fraction of sp³-hybridized carbons (Fsp3) is 0.421. The third kappa shape index (κ3) is 2.98. The number of aromatic nitrogens is 1. The van der Waals surface area contributed by atoms with Gasteiger partial charge < -0.3 is 19.3 Å². The van der Waals surface area contributed by atoms with Crippen LogP contribution in [0.4, 0.5) is 0 Å². The van der Waals surface area contributed by atoms with Crippen LogP contribution in [0.2, 0.25) is 10.0 Å². The van der Waals surface area contributed by atoms with E-state index in [0.29, 0.717) is 38.4 Å². The van der Waals surface area contributed by atoms with Crippen molar-refractivity contribution in [3.63, 3.8) is 0 Å². The number of halogens is 2. The number of fused-ring (bicyclic) bond motifs is 1. The molecular weight excluding hydrogens is 377 g/mol. The summed E-state index contributed by atoms with van der Waals surface area (Å²) in [6.45, 7) is 0. The third-order valence-corrected chi connectivity index (χ3v) is 5.63. The average Bonchev–Trinajstić information content (AvgIpc) is 3.23. The first-order chi connectivity index (χ1) is 12.5. The highest BCUT2D eigenvalue weighted by Gasteiger charge is 2.46. The van der Waals surface area contributed by atoms with Gasteiger partial charge in [0.1, 0.15) is 0 Å². The van der Waals surface area contributed by atoms with Crippen molar-refractivity contribution >= 4 is 23.2 Å². The minimum Gasteiger partial charge on any atom is -0.493 e. The molecule has 26 heavy (non-hydrogen) atoms. The molecule has 1 N–H and O–H groups in total. The van der Waals surface area contributed by atoms with E-state index in [0.717, 1.165) is 25.7 Å². The molecular formula is C19H19Cl2NO4.